The minimum atomic E-state index is -1.14. The Labute approximate surface area is 124 Å². The molecule has 0 amide bonds. The average molecular weight is 407 g/mol. The number of hydrogen-bond acceptors (Lipinski definition) is 2. The van der Waals surface area contributed by atoms with Crippen LogP contribution in [0.25, 0.3) is 0 Å². The van der Waals surface area contributed by atoms with Gasteiger partial charge < -0.3 is 0 Å². The van der Waals surface area contributed by atoms with Crippen LogP contribution in [-0.4, -0.2) is 39.8 Å². The van der Waals surface area contributed by atoms with Crippen molar-refractivity contribution in [2.45, 2.75) is 10.9 Å². The average Bonchev–Trinajstić information content (AvgIpc) is 2.08. The number of carbonyl (C=O) groups excluding carboxylic acids is 1. The zero-order valence-corrected chi connectivity index (χ0v) is 13.8. The first-order valence-electron chi connectivity index (χ1n) is 4.21. The third-order valence-electron chi connectivity index (χ3n) is 1.87. The maximum absolute atomic E-state index is 11.0. The van der Waals surface area contributed by atoms with Gasteiger partial charge in [-0.15, -0.1) is 0 Å². The van der Waals surface area contributed by atoms with E-state index in [1.165, 1.54) is 0 Å². The summed E-state index contributed by atoms with van der Waals surface area (Å²) >= 11 is 2.56. The number of phenols is 1. The van der Waals surface area contributed by atoms with Crippen LogP contribution in [0.1, 0.15) is 17.3 Å². The van der Waals surface area contributed by atoms with Crippen molar-refractivity contribution in [3.8, 4) is 5.75 Å². The molecule has 0 aliphatic heterocycles. The minimum absolute atomic E-state index is 0. The number of para-hydroxylation sites is 1. The molecule has 0 radical (unpaired) electrons. The molecule has 0 saturated heterocycles. The van der Waals surface area contributed by atoms with Crippen LogP contribution in [0.4, 0.5) is 0 Å². The molecule has 0 saturated carbocycles. The summed E-state index contributed by atoms with van der Waals surface area (Å²) in [6, 6.07) is 5.34. The molecule has 5 heteroatoms. The Morgan fingerprint density at radius 3 is 2.71 bits per heavy atom. The SMILES string of the molecule is C[CH2][Hg][c]1cccc(C(=O)S)c1O.[NaH]. The first-order chi connectivity index (χ1) is 6.16. The predicted molar refractivity (Wildman–Crippen MR) is 58.7 cm³/mol. The molecule has 1 N–H and O–H groups in total. The third-order valence-corrected chi connectivity index (χ3v) is 8.37. The third kappa shape index (κ3) is 3.85. The van der Waals surface area contributed by atoms with Crippen molar-refractivity contribution in [2.24, 2.45) is 0 Å². The summed E-state index contributed by atoms with van der Waals surface area (Å²) in [6.45, 7) is 2.12. The van der Waals surface area contributed by atoms with Crippen molar-refractivity contribution < 1.29 is 34.5 Å². The van der Waals surface area contributed by atoms with Crippen LogP contribution in [0.3, 0.4) is 0 Å². The molecular formula is C9H11HgNaO2S. The Morgan fingerprint density at radius 1 is 1.57 bits per heavy atom. The number of thiol groups is 1. The fraction of sp³-hybridized carbons (Fsp3) is 0.222. The summed E-state index contributed by atoms with van der Waals surface area (Å²) in [6.07, 6.45) is 0. The fourth-order valence-electron chi connectivity index (χ4n) is 1.23. The summed E-state index contributed by atoms with van der Waals surface area (Å²) < 4.78 is 2.19. The molecule has 1 rings (SSSR count). The first-order valence-corrected chi connectivity index (χ1v) is 11.3. The quantitative estimate of drug-likeness (QED) is 0.579. The zero-order valence-electron chi connectivity index (χ0n) is 7.45. The fourth-order valence-corrected chi connectivity index (χ4v) is 6.35. The van der Waals surface area contributed by atoms with E-state index in [9.17, 15) is 9.90 Å². The van der Waals surface area contributed by atoms with E-state index in [0.717, 1.165) is 7.00 Å². The van der Waals surface area contributed by atoms with Crippen molar-refractivity contribution in [1.82, 2.24) is 0 Å². The van der Waals surface area contributed by atoms with Crippen molar-refractivity contribution in [1.29, 1.82) is 0 Å². The Bertz CT molecular complexity index is 331. The number of aromatic hydroxyl groups is 1. The molecule has 1 aromatic carbocycles. The van der Waals surface area contributed by atoms with E-state index in [1.807, 2.05) is 12.1 Å². The molecule has 0 heterocycles. The van der Waals surface area contributed by atoms with Gasteiger partial charge in [0.05, 0.1) is 0 Å². The van der Waals surface area contributed by atoms with E-state index in [1.54, 1.807) is 6.07 Å². The molecule has 0 aliphatic carbocycles. The van der Waals surface area contributed by atoms with Gasteiger partial charge in [0.2, 0.25) is 0 Å². The molecule has 14 heavy (non-hydrogen) atoms. The van der Waals surface area contributed by atoms with Crippen LogP contribution in [0.15, 0.2) is 18.2 Å². The van der Waals surface area contributed by atoms with E-state index in [-0.39, 0.29) is 40.4 Å². The van der Waals surface area contributed by atoms with E-state index >= 15 is 0 Å². The standard InChI is InChI=1S/C7H5O2S.C2H5.Hg.Na.H/c8-6-4-2-1-3-5(6)7(9)10;1-2;;;/h1-3,8H,(H,9,10);1H2,2H3;;;. The van der Waals surface area contributed by atoms with Gasteiger partial charge in [0, 0.05) is 0 Å². The van der Waals surface area contributed by atoms with Crippen molar-refractivity contribution in [3.63, 3.8) is 0 Å². The molecule has 0 unspecified atom stereocenters. The number of hydrogen-bond donors (Lipinski definition) is 2. The molecule has 0 aromatic heterocycles. The summed E-state index contributed by atoms with van der Waals surface area (Å²) in [5, 5.41) is 9.32. The van der Waals surface area contributed by atoms with Gasteiger partial charge in [-0.25, -0.2) is 0 Å². The van der Waals surface area contributed by atoms with Crippen LogP contribution >= 0.6 is 12.6 Å². The summed E-state index contributed by atoms with van der Waals surface area (Å²) in [5.74, 6) is 0.172. The molecule has 2 nitrogen and oxygen atoms in total. The number of carbonyl (C=O) groups is 1. The van der Waals surface area contributed by atoms with Gasteiger partial charge in [-0.05, 0) is 0 Å². The molecule has 0 bridgehead atoms. The van der Waals surface area contributed by atoms with Crippen LogP contribution in [0.5, 0.6) is 5.75 Å². The predicted octanol–water partition coefficient (Wildman–Crippen LogP) is 0.960. The first kappa shape index (κ1) is 15.0. The Morgan fingerprint density at radius 2 is 2.21 bits per heavy atom. The number of rotatable bonds is 3. The second kappa shape index (κ2) is 7.28. The molecule has 0 aliphatic rings. The molecule has 1 aromatic rings. The van der Waals surface area contributed by atoms with E-state index < -0.39 is 24.6 Å². The van der Waals surface area contributed by atoms with Gasteiger partial charge in [0.15, 0.2) is 0 Å². The molecule has 0 atom stereocenters. The summed E-state index contributed by atoms with van der Waals surface area (Å²) in [7, 11) is 0. The second-order valence-corrected chi connectivity index (χ2v) is 12.1. The van der Waals surface area contributed by atoms with Crippen molar-refractivity contribution in [2.75, 3.05) is 0 Å². The molecular weight excluding hydrogens is 396 g/mol. The topological polar surface area (TPSA) is 37.3 Å². The van der Waals surface area contributed by atoms with Crippen LogP contribution < -0.4 is 3.07 Å². The van der Waals surface area contributed by atoms with Gasteiger partial charge in [-0.3, -0.25) is 0 Å². The van der Waals surface area contributed by atoms with Crippen LogP contribution in [0.2, 0.25) is 3.93 Å². The van der Waals surface area contributed by atoms with Crippen LogP contribution in [-0.2, 0) is 24.6 Å². The van der Waals surface area contributed by atoms with E-state index in [4.69, 9.17) is 0 Å². The Hall–Kier alpha value is 0.975. The van der Waals surface area contributed by atoms with Crippen LogP contribution in [0, 0.1) is 0 Å². The van der Waals surface area contributed by atoms with Crippen molar-refractivity contribution >= 4 is 50.4 Å². The normalized spacial score (nSPS) is 8.71. The van der Waals surface area contributed by atoms with Crippen molar-refractivity contribution in [3.05, 3.63) is 23.8 Å². The molecule has 68 valence electrons. The van der Waals surface area contributed by atoms with Gasteiger partial charge >= 0.3 is 125 Å². The van der Waals surface area contributed by atoms with Gasteiger partial charge in [-0.1, -0.05) is 0 Å². The number of phenolic OH excluding ortho intramolecular Hbond substituents is 1. The molecule has 0 fully saturated rings. The summed E-state index contributed by atoms with van der Waals surface area (Å²) in [5.41, 5.74) is 0.342. The van der Waals surface area contributed by atoms with Gasteiger partial charge in [-0.2, -0.15) is 0 Å². The zero-order chi connectivity index (χ0) is 9.84. The van der Waals surface area contributed by atoms with E-state index in [0.29, 0.717) is 5.56 Å². The van der Waals surface area contributed by atoms with E-state index in [2.05, 4.69) is 19.6 Å². The van der Waals surface area contributed by atoms with Gasteiger partial charge in [0.1, 0.15) is 0 Å². The Balaban J connectivity index is 0.00000169. The second-order valence-electron chi connectivity index (χ2n) is 2.87. The molecule has 0 spiro atoms. The monoisotopic (exact) mass is 408 g/mol. The summed E-state index contributed by atoms with van der Waals surface area (Å²) in [4.78, 5) is 11.0. The maximum atomic E-state index is 11.0. The Kier molecular flexibility index (Phi) is 7.79. The van der Waals surface area contributed by atoms with Gasteiger partial charge in [0.25, 0.3) is 0 Å². The number of benzene rings is 1.